The Morgan fingerprint density at radius 1 is 0.509 bits per heavy atom. The van der Waals surface area contributed by atoms with Gasteiger partial charge in [-0.2, -0.15) is 0 Å². The van der Waals surface area contributed by atoms with E-state index >= 15 is 0 Å². The van der Waals surface area contributed by atoms with E-state index in [9.17, 15) is 19.0 Å². The van der Waals surface area contributed by atoms with E-state index < -0.39 is 26.5 Å². The van der Waals surface area contributed by atoms with Gasteiger partial charge in [0.15, 0.2) is 6.10 Å². The van der Waals surface area contributed by atoms with Crippen molar-refractivity contribution < 1.29 is 37.6 Å². The van der Waals surface area contributed by atoms with E-state index in [4.69, 9.17) is 14.0 Å². The van der Waals surface area contributed by atoms with Crippen molar-refractivity contribution in [1.29, 1.82) is 0 Å². The Labute approximate surface area is 326 Å². The molecule has 8 nitrogen and oxygen atoms in total. The highest BCUT2D eigenvalue weighted by molar-refractivity contribution is 7.47. The molecule has 53 heavy (non-hydrogen) atoms. The van der Waals surface area contributed by atoms with Crippen LogP contribution in [0.1, 0.15) is 219 Å². The molecule has 2 unspecified atom stereocenters. The number of allylic oxidation sites excluding steroid dienone is 4. The summed E-state index contributed by atoms with van der Waals surface area (Å²) < 4.78 is 32.0. The molecule has 0 saturated heterocycles. The average molecular weight is 771 g/mol. The number of carbonyl (C=O) groups excluding carboxylic acids is 2. The summed E-state index contributed by atoms with van der Waals surface area (Å²) in [6.45, 7) is 3.89. The molecule has 0 radical (unpaired) electrons. The molecule has 0 heterocycles. The minimum atomic E-state index is -4.26. The number of esters is 2. The Morgan fingerprint density at radius 3 is 1.23 bits per heavy atom. The molecule has 9 heteroatoms. The molecule has 0 aromatic carbocycles. The SMILES string of the molecule is CCCCCCCC/C=C\CCCCCCCCCCCC(=O)OC(COC(=O)CCCCCCC/C=C\CCCCCCCC)COP(=O)(O)OC. The summed E-state index contributed by atoms with van der Waals surface area (Å²) in [7, 11) is -3.20. The molecule has 0 aromatic rings. The van der Waals surface area contributed by atoms with E-state index in [-0.39, 0.29) is 25.4 Å². The van der Waals surface area contributed by atoms with Gasteiger partial charge in [0.1, 0.15) is 6.61 Å². The number of phosphoric acid groups is 1. The zero-order valence-corrected chi connectivity index (χ0v) is 35.6. The third-order valence-corrected chi connectivity index (χ3v) is 10.6. The van der Waals surface area contributed by atoms with Crippen LogP contribution >= 0.6 is 7.82 Å². The van der Waals surface area contributed by atoms with E-state index in [1.165, 1.54) is 141 Å². The number of phosphoric ester groups is 1. The summed E-state index contributed by atoms with van der Waals surface area (Å²) in [6.07, 6.45) is 45.1. The number of rotatable bonds is 41. The lowest BCUT2D eigenvalue weighted by Gasteiger charge is -2.19. The van der Waals surface area contributed by atoms with Crippen molar-refractivity contribution in [3.05, 3.63) is 24.3 Å². The van der Waals surface area contributed by atoms with Crippen molar-refractivity contribution in [2.75, 3.05) is 20.3 Å². The van der Waals surface area contributed by atoms with Crippen molar-refractivity contribution in [1.82, 2.24) is 0 Å². The molecule has 0 saturated carbocycles. The van der Waals surface area contributed by atoms with Crippen LogP contribution in [0, 0.1) is 0 Å². The number of unbranched alkanes of at least 4 members (excludes halogenated alkanes) is 26. The summed E-state index contributed by atoms with van der Waals surface area (Å²) in [5.41, 5.74) is 0. The van der Waals surface area contributed by atoms with Gasteiger partial charge in [0.05, 0.1) is 6.61 Å². The van der Waals surface area contributed by atoms with Crippen LogP contribution in [0.5, 0.6) is 0 Å². The Morgan fingerprint density at radius 2 is 0.849 bits per heavy atom. The molecule has 0 fully saturated rings. The maximum absolute atomic E-state index is 12.5. The molecule has 0 amide bonds. The Balaban J connectivity index is 3.97. The monoisotopic (exact) mass is 771 g/mol. The van der Waals surface area contributed by atoms with E-state index in [0.717, 1.165) is 52.1 Å². The molecule has 0 aliphatic carbocycles. The molecular weight excluding hydrogens is 687 g/mol. The van der Waals surface area contributed by atoms with E-state index in [0.29, 0.717) is 6.42 Å². The normalized spacial score (nSPS) is 13.5. The third-order valence-electron chi connectivity index (χ3n) is 9.67. The first-order chi connectivity index (χ1) is 25.8. The van der Waals surface area contributed by atoms with Crippen molar-refractivity contribution >= 4 is 19.8 Å². The maximum atomic E-state index is 12.5. The van der Waals surface area contributed by atoms with Crippen LogP contribution in [0.25, 0.3) is 0 Å². The summed E-state index contributed by atoms with van der Waals surface area (Å²) >= 11 is 0. The van der Waals surface area contributed by atoms with Gasteiger partial charge in [0, 0.05) is 20.0 Å². The topological polar surface area (TPSA) is 108 Å². The van der Waals surface area contributed by atoms with Gasteiger partial charge in [-0.25, -0.2) is 4.57 Å². The van der Waals surface area contributed by atoms with Gasteiger partial charge >= 0.3 is 19.8 Å². The number of hydrogen-bond donors (Lipinski definition) is 1. The quantitative estimate of drug-likeness (QED) is 0.0283. The van der Waals surface area contributed by atoms with Crippen LogP contribution in [0.3, 0.4) is 0 Å². The first-order valence-electron chi connectivity index (χ1n) is 22.0. The fourth-order valence-electron chi connectivity index (χ4n) is 6.24. The molecule has 0 spiro atoms. The summed E-state index contributed by atoms with van der Waals surface area (Å²) in [5, 5.41) is 0. The van der Waals surface area contributed by atoms with E-state index in [1.54, 1.807) is 0 Å². The zero-order chi connectivity index (χ0) is 38.9. The van der Waals surface area contributed by atoms with Crippen LogP contribution in [-0.2, 0) is 32.7 Å². The van der Waals surface area contributed by atoms with Crippen molar-refractivity contribution in [3.63, 3.8) is 0 Å². The van der Waals surface area contributed by atoms with Crippen LogP contribution < -0.4 is 0 Å². The molecule has 2 atom stereocenters. The van der Waals surface area contributed by atoms with Crippen LogP contribution in [0.15, 0.2) is 24.3 Å². The van der Waals surface area contributed by atoms with Gasteiger partial charge in [-0.1, -0.05) is 167 Å². The second-order valence-corrected chi connectivity index (χ2v) is 16.4. The first kappa shape index (κ1) is 51.5. The molecule has 1 N–H and O–H groups in total. The van der Waals surface area contributed by atoms with Crippen LogP contribution in [0.2, 0.25) is 0 Å². The lowest BCUT2D eigenvalue weighted by molar-refractivity contribution is -0.161. The smallest absolute Gasteiger partial charge is 0.462 e. The maximum Gasteiger partial charge on any atom is 0.472 e. The predicted molar refractivity (Wildman–Crippen MR) is 221 cm³/mol. The highest BCUT2D eigenvalue weighted by atomic mass is 31.2. The second-order valence-electron chi connectivity index (χ2n) is 14.8. The van der Waals surface area contributed by atoms with Gasteiger partial charge in [0.25, 0.3) is 0 Å². The van der Waals surface area contributed by atoms with Gasteiger partial charge in [-0.05, 0) is 64.2 Å². The van der Waals surface area contributed by atoms with Crippen molar-refractivity contribution in [2.24, 2.45) is 0 Å². The van der Waals surface area contributed by atoms with E-state index in [2.05, 4.69) is 42.7 Å². The third kappa shape index (κ3) is 40.0. The summed E-state index contributed by atoms with van der Waals surface area (Å²) in [5.74, 6) is -0.809. The fraction of sp³-hybridized carbons (Fsp3) is 0.864. The number of ether oxygens (including phenoxy) is 2. The Kier molecular flexibility index (Phi) is 39.1. The lowest BCUT2D eigenvalue weighted by Crippen LogP contribution is -2.29. The largest absolute Gasteiger partial charge is 0.472 e. The van der Waals surface area contributed by atoms with E-state index in [1.807, 2.05) is 0 Å². The molecular formula is C44H83O8P. The molecule has 0 bridgehead atoms. The van der Waals surface area contributed by atoms with Gasteiger partial charge in [-0.3, -0.25) is 18.6 Å². The lowest BCUT2D eigenvalue weighted by atomic mass is 10.1. The molecule has 0 aliphatic heterocycles. The predicted octanol–water partition coefficient (Wildman–Crippen LogP) is 13.8. The van der Waals surface area contributed by atoms with Crippen molar-refractivity contribution in [2.45, 2.75) is 225 Å². The van der Waals surface area contributed by atoms with Crippen LogP contribution in [0.4, 0.5) is 0 Å². The first-order valence-corrected chi connectivity index (χ1v) is 23.5. The minimum absolute atomic E-state index is 0.227. The average Bonchev–Trinajstić information content (AvgIpc) is 3.15. The summed E-state index contributed by atoms with van der Waals surface area (Å²) in [6, 6.07) is 0. The highest BCUT2D eigenvalue weighted by Gasteiger charge is 2.24. The minimum Gasteiger partial charge on any atom is -0.462 e. The Bertz CT molecular complexity index is 921. The van der Waals surface area contributed by atoms with Gasteiger partial charge in [-0.15, -0.1) is 0 Å². The molecule has 0 rings (SSSR count). The van der Waals surface area contributed by atoms with Crippen LogP contribution in [-0.4, -0.2) is 43.3 Å². The zero-order valence-electron chi connectivity index (χ0n) is 34.7. The highest BCUT2D eigenvalue weighted by Crippen LogP contribution is 2.42. The standard InChI is InChI=1S/C44H83O8P/c1-4-6-8-10-12-14-16-18-20-21-22-23-25-27-29-31-33-35-37-39-44(46)52-42(41-51-53(47,48)49-3)40-50-43(45)38-36-34-32-30-28-26-24-19-17-15-13-11-9-7-5-2/h18-20,24,42H,4-17,21-23,25-41H2,1-3H3,(H,47,48)/b20-18-,24-19-. The Hall–Kier alpha value is -1.47. The number of carbonyl (C=O) groups is 2. The second kappa shape index (κ2) is 40.2. The molecule has 312 valence electrons. The van der Waals surface area contributed by atoms with Gasteiger partial charge < -0.3 is 14.4 Å². The fourth-order valence-corrected chi connectivity index (χ4v) is 6.70. The van der Waals surface area contributed by atoms with Gasteiger partial charge in [0.2, 0.25) is 0 Å². The molecule has 0 aromatic heterocycles. The number of hydrogen-bond acceptors (Lipinski definition) is 7. The van der Waals surface area contributed by atoms with Crippen molar-refractivity contribution in [3.8, 4) is 0 Å². The molecule has 0 aliphatic rings. The summed E-state index contributed by atoms with van der Waals surface area (Å²) in [4.78, 5) is 34.5.